The third kappa shape index (κ3) is 2.93. The first-order chi connectivity index (χ1) is 9.36. The van der Waals surface area contributed by atoms with Gasteiger partial charge in [0.2, 0.25) is 15.9 Å². The lowest BCUT2D eigenvalue weighted by Gasteiger charge is -2.22. The highest BCUT2D eigenvalue weighted by Gasteiger charge is 2.39. The third-order valence-corrected chi connectivity index (χ3v) is 5.52. The average Bonchev–Trinajstić information content (AvgIpc) is 2.86. The first-order valence-electron chi connectivity index (χ1n) is 6.06. The summed E-state index contributed by atoms with van der Waals surface area (Å²) in [5, 5.41) is 2.97. The molecule has 0 saturated carbocycles. The van der Waals surface area contributed by atoms with Crippen LogP contribution in [0.3, 0.4) is 0 Å². The summed E-state index contributed by atoms with van der Waals surface area (Å²) in [5.74, 6) is -0.306. The van der Waals surface area contributed by atoms with Crippen LogP contribution >= 0.6 is 23.2 Å². The van der Waals surface area contributed by atoms with Gasteiger partial charge >= 0.3 is 0 Å². The summed E-state index contributed by atoms with van der Waals surface area (Å²) in [5.41, 5.74) is 0. The van der Waals surface area contributed by atoms with Crippen molar-refractivity contribution in [1.29, 1.82) is 0 Å². The van der Waals surface area contributed by atoms with Gasteiger partial charge in [-0.05, 0) is 31.0 Å². The van der Waals surface area contributed by atoms with Gasteiger partial charge in [-0.3, -0.25) is 4.79 Å². The fraction of sp³-hybridized carbons (Fsp3) is 0.417. The predicted molar refractivity (Wildman–Crippen MR) is 77.4 cm³/mol. The van der Waals surface area contributed by atoms with Gasteiger partial charge in [0.25, 0.3) is 0 Å². The smallest absolute Gasteiger partial charge is 0.243 e. The van der Waals surface area contributed by atoms with Crippen LogP contribution in [0.15, 0.2) is 23.1 Å². The zero-order valence-electron chi connectivity index (χ0n) is 10.8. The zero-order chi connectivity index (χ0) is 14.9. The van der Waals surface area contributed by atoms with Gasteiger partial charge in [-0.2, -0.15) is 4.31 Å². The molecule has 1 aromatic carbocycles. The van der Waals surface area contributed by atoms with Crippen molar-refractivity contribution in [3.05, 3.63) is 28.2 Å². The molecule has 0 spiro atoms. The number of carbonyl (C=O) groups excluding carboxylic acids is 1. The normalized spacial score (nSPS) is 20.1. The molecule has 1 amide bonds. The lowest BCUT2D eigenvalue weighted by Crippen LogP contribution is -2.44. The molecule has 1 aliphatic rings. The number of nitrogens with one attached hydrogen (secondary N) is 1. The fourth-order valence-electron chi connectivity index (χ4n) is 2.27. The average molecular weight is 337 g/mol. The van der Waals surface area contributed by atoms with Crippen LogP contribution < -0.4 is 5.32 Å². The van der Waals surface area contributed by atoms with Gasteiger partial charge < -0.3 is 5.32 Å². The van der Waals surface area contributed by atoms with Gasteiger partial charge in [0, 0.05) is 23.6 Å². The minimum Gasteiger partial charge on any atom is -0.358 e. The quantitative estimate of drug-likeness (QED) is 0.916. The number of hydrogen-bond donors (Lipinski definition) is 1. The molecule has 0 radical (unpaired) electrons. The van der Waals surface area contributed by atoms with E-state index in [0.29, 0.717) is 19.4 Å². The van der Waals surface area contributed by atoms with Crippen molar-refractivity contribution in [3.63, 3.8) is 0 Å². The van der Waals surface area contributed by atoms with E-state index in [9.17, 15) is 13.2 Å². The van der Waals surface area contributed by atoms with Gasteiger partial charge in [-0.25, -0.2) is 8.42 Å². The zero-order valence-corrected chi connectivity index (χ0v) is 13.1. The van der Waals surface area contributed by atoms with Gasteiger partial charge in [0.05, 0.1) is 4.90 Å². The van der Waals surface area contributed by atoms with Gasteiger partial charge in [0.1, 0.15) is 6.04 Å². The molecule has 110 valence electrons. The lowest BCUT2D eigenvalue weighted by atomic mass is 10.2. The molecular formula is C12H14Cl2N2O3S. The Kier molecular flexibility index (Phi) is 4.59. The van der Waals surface area contributed by atoms with Crippen molar-refractivity contribution in [1.82, 2.24) is 9.62 Å². The Labute approximate surface area is 127 Å². The Balaban J connectivity index is 2.41. The monoisotopic (exact) mass is 336 g/mol. The maximum Gasteiger partial charge on any atom is 0.243 e. The molecule has 1 fully saturated rings. The van der Waals surface area contributed by atoms with Crippen LogP contribution in [0.25, 0.3) is 0 Å². The molecule has 1 aliphatic heterocycles. The van der Waals surface area contributed by atoms with Gasteiger partial charge in [-0.1, -0.05) is 23.2 Å². The number of rotatable bonds is 3. The van der Waals surface area contributed by atoms with Crippen LogP contribution in [0.1, 0.15) is 12.8 Å². The van der Waals surface area contributed by atoms with Crippen molar-refractivity contribution in [2.24, 2.45) is 0 Å². The minimum absolute atomic E-state index is 0.00537. The topological polar surface area (TPSA) is 66.5 Å². The van der Waals surface area contributed by atoms with Crippen LogP contribution in [0.4, 0.5) is 0 Å². The van der Waals surface area contributed by atoms with Crippen LogP contribution in [0, 0.1) is 0 Å². The molecule has 1 heterocycles. The number of halogens is 2. The van der Waals surface area contributed by atoms with E-state index in [1.165, 1.54) is 29.6 Å². The standard InChI is InChI=1S/C12H14Cl2N2O3S/c1-15-12(17)11-3-2-4-16(11)20(18,19)10-6-8(13)5-9(14)7-10/h5-7,11H,2-4H2,1H3,(H,15,17). The van der Waals surface area contributed by atoms with Crippen molar-refractivity contribution in [2.75, 3.05) is 13.6 Å². The molecule has 1 atom stereocenters. The SMILES string of the molecule is CNC(=O)C1CCCN1S(=O)(=O)c1cc(Cl)cc(Cl)c1. The molecule has 1 N–H and O–H groups in total. The van der Waals surface area contributed by atoms with E-state index in [-0.39, 0.29) is 20.8 Å². The Morgan fingerprint density at radius 3 is 2.45 bits per heavy atom. The molecule has 1 saturated heterocycles. The van der Waals surface area contributed by atoms with E-state index < -0.39 is 16.1 Å². The van der Waals surface area contributed by atoms with Gasteiger partial charge in [0.15, 0.2) is 0 Å². The first-order valence-corrected chi connectivity index (χ1v) is 8.25. The number of carbonyl (C=O) groups is 1. The van der Waals surface area contributed by atoms with Crippen molar-refractivity contribution in [2.45, 2.75) is 23.8 Å². The number of benzene rings is 1. The highest BCUT2D eigenvalue weighted by atomic mass is 35.5. The second kappa shape index (κ2) is 5.89. The molecule has 0 aliphatic carbocycles. The highest BCUT2D eigenvalue weighted by Crippen LogP contribution is 2.29. The summed E-state index contributed by atoms with van der Waals surface area (Å²) in [6.45, 7) is 0.310. The summed E-state index contributed by atoms with van der Waals surface area (Å²) in [6, 6.07) is 3.45. The lowest BCUT2D eigenvalue weighted by molar-refractivity contribution is -0.123. The van der Waals surface area contributed by atoms with Crippen LogP contribution in [0.2, 0.25) is 10.0 Å². The van der Waals surface area contributed by atoms with E-state index >= 15 is 0 Å². The van der Waals surface area contributed by atoms with Crippen LogP contribution in [0.5, 0.6) is 0 Å². The van der Waals surface area contributed by atoms with E-state index in [2.05, 4.69) is 5.32 Å². The molecular weight excluding hydrogens is 323 g/mol. The number of sulfonamides is 1. The molecule has 5 nitrogen and oxygen atoms in total. The summed E-state index contributed by atoms with van der Waals surface area (Å²) in [6.07, 6.45) is 1.15. The largest absolute Gasteiger partial charge is 0.358 e. The van der Waals surface area contributed by atoms with E-state index in [1.54, 1.807) is 0 Å². The highest BCUT2D eigenvalue weighted by molar-refractivity contribution is 7.89. The molecule has 0 bridgehead atoms. The fourth-order valence-corrected chi connectivity index (χ4v) is 4.65. The van der Waals surface area contributed by atoms with E-state index in [4.69, 9.17) is 23.2 Å². The minimum atomic E-state index is -3.78. The predicted octanol–water partition coefficient (Wildman–Crippen LogP) is 1.89. The second-order valence-electron chi connectivity index (χ2n) is 4.49. The summed E-state index contributed by atoms with van der Waals surface area (Å²) in [4.78, 5) is 11.8. The Hall–Kier alpha value is -0.820. The Morgan fingerprint density at radius 1 is 1.30 bits per heavy atom. The van der Waals surface area contributed by atoms with Gasteiger partial charge in [-0.15, -0.1) is 0 Å². The number of amides is 1. The number of likely N-dealkylation sites (N-methyl/N-ethyl adjacent to an activating group) is 1. The molecule has 20 heavy (non-hydrogen) atoms. The number of hydrogen-bond acceptors (Lipinski definition) is 3. The van der Waals surface area contributed by atoms with E-state index in [1.807, 2.05) is 0 Å². The molecule has 1 aromatic rings. The van der Waals surface area contributed by atoms with Crippen LogP contribution in [-0.2, 0) is 14.8 Å². The second-order valence-corrected chi connectivity index (χ2v) is 7.26. The van der Waals surface area contributed by atoms with Crippen LogP contribution in [-0.4, -0.2) is 38.3 Å². The maximum absolute atomic E-state index is 12.6. The number of nitrogens with zero attached hydrogens (tertiary/aromatic N) is 1. The summed E-state index contributed by atoms with van der Waals surface area (Å²) < 4.78 is 26.4. The molecule has 8 heteroatoms. The Morgan fingerprint density at radius 2 is 1.90 bits per heavy atom. The van der Waals surface area contributed by atoms with E-state index in [0.717, 1.165) is 0 Å². The Bertz CT molecular complexity index is 613. The molecule has 0 aromatic heterocycles. The maximum atomic E-state index is 12.6. The summed E-state index contributed by atoms with van der Waals surface area (Å²) in [7, 11) is -2.30. The molecule has 1 unspecified atom stereocenters. The molecule has 2 rings (SSSR count). The first kappa shape index (κ1) is 15.6. The summed E-state index contributed by atoms with van der Waals surface area (Å²) >= 11 is 11.7. The van der Waals surface area contributed by atoms with Crippen molar-refractivity contribution in [3.8, 4) is 0 Å². The van der Waals surface area contributed by atoms with Crippen molar-refractivity contribution >= 4 is 39.1 Å². The van der Waals surface area contributed by atoms with Crippen molar-refractivity contribution < 1.29 is 13.2 Å². The third-order valence-electron chi connectivity index (χ3n) is 3.20.